The largest absolute Gasteiger partial charge is 0.467 e. The monoisotopic (exact) mass is 505 g/mol. The quantitative estimate of drug-likeness (QED) is 0.325. The summed E-state index contributed by atoms with van der Waals surface area (Å²) in [5.74, 6) is 0.763. The first-order valence-corrected chi connectivity index (χ1v) is 8.57. The van der Waals surface area contributed by atoms with Gasteiger partial charge in [0.05, 0.1) is 19.3 Å². The average Bonchev–Trinajstić information content (AvgIpc) is 3.09. The van der Waals surface area contributed by atoms with Crippen LogP contribution in [0.4, 0.5) is 4.39 Å². The van der Waals surface area contributed by atoms with Crippen molar-refractivity contribution in [1.82, 2.24) is 20.4 Å². The molecular formula is C18H25FIN5O3. The number of benzene rings is 1. The molecule has 154 valence electrons. The molecule has 1 unspecified atom stereocenters. The minimum Gasteiger partial charge on any atom is -0.467 e. The smallest absolute Gasteiger partial charge is 0.191 e. The van der Waals surface area contributed by atoms with Crippen LogP contribution in [0.15, 0.2) is 29.5 Å². The molecular weight excluding hydrogens is 480 g/mol. The van der Waals surface area contributed by atoms with Gasteiger partial charge >= 0.3 is 0 Å². The maximum absolute atomic E-state index is 13.8. The Morgan fingerprint density at radius 2 is 2.21 bits per heavy atom. The van der Waals surface area contributed by atoms with E-state index < -0.39 is 5.60 Å². The first kappa shape index (κ1) is 22.4. The van der Waals surface area contributed by atoms with E-state index in [1.165, 1.54) is 12.1 Å². The summed E-state index contributed by atoms with van der Waals surface area (Å²) in [5, 5.41) is 20.9. The summed E-state index contributed by atoms with van der Waals surface area (Å²) in [4.78, 5) is 4.14. The van der Waals surface area contributed by atoms with E-state index in [2.05, 4.69) is 20.7 Å². The number of rotatable bonds is 5. The second-order valence-corrected chi connectivity index (χ2v) is 6.62. The number of aryl methyl sites for hydroxylation is 1. The van der Waals surface area contributed by atoms with E-state index >= 15 is 0 Å². The number of aliphatic hydroxyl groups is 1. The lowest BCUT2D eigenvalue weighted by Crippen LogP contribution is -2.44. The molecule has 1 atom stereocenters. The van der Waals surface area contributed by atoms with E-state index in [1.807, 2.05) is 0 Å². The van der Waals surface area contributed by atoms with Crippen molar-refractivity contribution >= 4 is 29.9 Å². The molecule has 0 saturated carbocycles. The fourth-order valence-electron chi connectivity index (χ4n) is 2.84. The molecule has 0 saturated heterocycles. The van der Waals surface area contributed by atoms with Crippen molar-refractivity contribution in [2.75, 3.05) is 20.4 Å². The predicted molar refractivity (Wildman–Crippen MR) is 113 cm³/mol. The fourth-order valence-corrected chi connectivity index (χ4v) is 2.84. The first-order valence-electron chi connectivity index (χ1n) is 8.57. The third kappa shape index (κ3) is 5.32. The molecule has 1 aromatic carbocycles. The SMILES string of the molecule is CN=C(NCc1cc(F)cc2c1OCOC2)NCC(C)(O)c1cnn(C)c1.I. The zero-order valence-electron chi connectivity index (χ0n) is 16.0. The topological polar surface area (TPSA) is 92.9 Å². The Labute approximate surface area is 180 Å². The lowest BCUT2D eigenvalue weighted by atomic mass is 10.00. The van der Waals surface area contributed by atoms with Crippen molar-refractivity contribution in [3.05, 3.63) is 47.0 Å². The molecule has 0 amide bonds. The van der Waals surface area contributed by atoms with Gasteiger partial charge in [-0.3, -0.25) is 9.67 Å². The van der Waals surface area contributed by atoms with Gasteiger partial charge in [-0.05, 0) is 19.1 Å². The Balaban J connectivity index is 0.00000280. The van der Waals surface area contributed by atoms with Crippen molar-refractivity contribution in [3.8, 4) is 5.75 Å². The van der Waals surface area contributed by atoms with E-state index in [0.29, 0.717) is 41.6 Å². The number of ether oxygens (including phenoxy) is 2. The average molecular weight is 505 g/mol. The predicted octanol–water partition coefficient (Wildman–Crippen LogP) is 1.62. The maximum Gasteiger partial charge on any atom is 0.191 e. The summed E-state index contributed by atoms with van der Waals surface area (Å²) in [6.45, 7) is 2.70. The standard InChI is InChI=1S/C18H24FN5O3.HI/c1-18(25,14-7-23-24(3)8-14)10-22-17(20-2)21-6-12-4-15(19)5-13-9-26-11-27-16(12)13;/h4-5,7-8,25H,6,9-11H2,1-3H3,(H2,20,21,22);1H. The van der Waals surface area contributed by atoms with Crippen LogP contribution in [0, 0.1) is 5.82 Å². The van der Waals surface area contributed by atoms with Gasteiger partial charge in [0, 0.05) is 43.5 Å². The molecule has 3 rings (SSSR count). The molecule has 28 heavy (non-hydrogen) atoms. The highest BCUT2D eigenvalue weighted by Gasteiger charge is 2.25. The van der Waals surface area contributed by atoms with E-state index in [0.717, 1.165) is 0 Å². The summed E-state index contributed by atoms with van der Waals surface area (Å²) in [6, 6.07) is 2.84. The van der Waals surface area contributed by atoms with Gasteiger partial charge in [-0.25, -0.2) is 4.39 Å². The Morgan fingerprint density at radius 3 is 2.89 bits per heavy atom. The van der Waals surface area contributed by atoms with Gasteiger partial charge in [-0.1, -0.05) is 0 Å². The van der Waals surface area contributed by atoms with Crippen molar-refractivity contribution in [2.45, 2.75) is 25.7 Å². The zero-order valence-corrected chi connectivity index (χ0v) is 18.4. The second kappa shape index (κ2) is 9.52. The zero-order chi connectivity index (χ0) is 19.4. The van der Waals surface area contributed by atoms with Crippen LogP contribution in [0.1, 0.15) is 23.6 Å². The van der Waals surface area contributed by atoms with Crippen LogP contribution < -0.4 is 15.4 Å². The number of nitrogens with one attached hydrogen (secondary N) is 2. The van der Waals surface area contributed by atoms with E-state index in [9.17, 15) is 9.50 Å². The molecule has 0 aliphatic carbocycles. The van der Waals surface area contributed by atoms with Crippen LogP contribution >= 0.6 is 24.0 Å². The van der Waals surface area contributed by atoms with Crippen LogP contribution in [0.25, 0.3) is 0 Å². The molecule has 0 fully saturated rings. The summed E-state index contributed by atoms with van der Waals surface area (Å²) in [5.41, 5.74) is 0.931. The summed E-state index contributed by atoms with van der Waals surface area (Å²) in [6.07, 6.45) is 3.38. The lowest BCUT2D eigenvalue weighted by Gasteiger charge is -2.24. The number of fused-ring (bicyclic) bond motifs is 1. The molecule has 1 aromatic heterocycles. The van der Waals surface area contributed by atoms with E-state index in [-0.39, 0.29) is 43.1 Å². The number of hydrogen-bond acceptors (Lipinski definition) is 5. The van der Waals surface area contributed by atoms with Crippen molar-refractivity contribution in [3.63, 3.8) is 0 Å². The first-order chi connectivity index (χ1) is 12.9. The number of aromatic nitrogens is 2. The third-order valence-electron chi connectivity index (χ3n) is 4.35. The van der Waals surface area contributed by atoms with Crippen LogP contribution in [0.3, 0.4) is 0 Å². The van der Waals surface area contributed by atoms with Crippen LogP contribution in [0.5, 0.6) is 5.75 Å². The number of hydrogen-bond donors (Lipinski definition) is 3. The highest BCUT2D eigenvalue weighted by atomic mass is 127. The molecule has 1 aliphatic rings. The van der Waals surface area contributed by atoms with Gasteiger partial charge in [-0.2, -0.15) is 5.10 Å². The maximum atomic E-state index is 13.8. The van der Waals surface area contributed by atoms with E-state index in [1.54, 1.807) is 38.1 Å². The Morgan fingerprint density at radius 1 is 1.43 bits per heavy atom. The molecule has 3 N–H and O–H groups in total. The Kier molecular flexibility index (Phi) is 7.61. The summed E-state index contributed by atoms with van der Waals surface area (Å²) < 4.78 is 26.2. The van der Waals surface area contributed by atoms with E-state index in [4.69, 9.17) is 9.47 Å². The van der Waals surface area contributed by atoms with Gasteiger partial charge in [0.25, 0.3) is 0 Å². The number of halogens is 2. The van der Waals surface area contributed by atoms with Gasteiger partial charge in [0.1, 0.15) is 17.2 Å². The summed E-state index contributed by atoms with van der Waals surface area (Å²) in [7, 11) is 3.42. The normalized spacial score (nSPS) is 15.7. The van der Waals surface area contributed by atoms with Gasteiger partial charge in [0.15, 0.2) is 12.8 Å². The van der Waals surface area contributed by atoms with Crippen LogP contribution in [-0.4, -0.2) is 41.2 Å². The molecule has 10 heteroatoms. The van der Waals surface area contributed by atoms with Crippen LogP contribution in [0.2, 0.25) is 0 Å². The number of nitrogens with zero attached hydrogens (tertiary/aromatic N) is 3. The molecule has 2 heterocycles. The highest BCUT2D eigenvalue weighted by Crippen LogP contribution is 2.29. The van der Waals surface area contributed by atoms with Crippen molar-refractivity contribution in [1.29, 1.82) is 0 Å². The molecule has 0 bridgehead atoms. The van der Waals surface area contributed by atoms with Gasteiger partial charge in [-0.15, -0.1) is 24.0 Å². The number of guanidine groups is 1. The minimum atomic E-state index is -1.12. The van der Waals surface area contributed by atoms with Crippen LogP contribution in [-0.2, 0) is 30.5 Å². The molecule has 2 aromatic rings. The molecule has 0 radical (unpaired) electrons. The van der Waals surface area contributed by atoms with Crippen molar-refractivity contribution < 1.29 is 19.0 Å². The Bertz CT molecular complexity index is 841. The molecule has 8 nitrogen and oxygen atoms in total. The van der Waals surface area contributed by atoms with Crippen molar-refractivity contribution in [2.24, 2.45) is 12.0 Å². The second-order valence-electron chi connectivity index (χ2n) is 6.62. The fraction of sp³-hybridized carbons (Fsp3) is 0.444. The minimum absolute atomic E-state index is 0. The molecule has 1 aliphatic heterocycles. The summed E-state index contributed by atoms with van der Waals surface area (Å²) >= 11 is 0. The number of aliphatic imine (C=N–C) groups is 1. The third-order valence-corrected chi connectivity index (χ3v) is 4.35. The highest BCUT2D eigenvalue weighted by molar-refractivity contribution is 14.0. The molecule has 0 spiro atoms. The van der Waals surface area contributed by atoms with Gasteiger partial charge in [0.2, 0.25) is 0 Å². The Hall–Kier alpha value is -1.92. The van der Waals surface area contributed by atoms with Gasteiger partial charge < -0.3 is 25.2 Å². The lowest BCUT2D eigenvalue weighted by molar-refractivity contribution is -0.0173.